The first kappa shape index (κ1) is 19.1. The van der Waals surface area contributed by atoms with Crippen LogP contribution < -0.4 is 4.72 Å². The minimum absolute atomic E-state index is 0.139. The van der Waals surface area contributed by atoms with Crippen molar-refractivity contribution in [2.75, 3.05) is 6.54 Å². The van der Waals surface area contributed by atoms with Gasteiger partial charge in [-0.15, -0.1) is 0 Å². The maximum atomic E-state index is 13.3. The first-order chi connectivity index (χ1) is 13.5. The van der Waals surface area contributed by atoms with Gasteiger partial charge in [-0.25, -0.2) is 13.1 Å². The fourth-order valence-electron chi connectivity index (χ4n) is 3.35. The van der Waals surface area contributed by atoms with Crippen LogP contribution >= 0.6 is 0 Å². The SMILES string of the molecule is CC(c1ccccn1)N(C(=O)c1cccc(S(=O)(=O)NCC2CC2)c1)C1CC1. The highest BCUT2D eigenvalue weighted by Gasteiger charge is 2.37. The molecule has 2 aromatic rings. The van der Waals surface area contributed by atoms with E-state index in [-0.39, 0.29) is 22.9 Å². The summed E-state index contributed by atoms with van der Waals surface area (Å²) < 4.78 is 27.8. The zero-order chi connectivity index (χ0) is 19.7. The zero-order valence-electron chi connectivity index (χ0n) is 15.9. The zero-order valence-corrected chi connectivity index (χ0v) is 16.7. The summed E-state index contributed by atoms with van der Waals surface area (Å²) >= 11 is 0. The molecular formula is C21H25N3O3S. The largest absolute Gasteiger partial charge is 0.327 e. The normalized spacial score (nSPS) is 17.9. The van der Waals surface area contributed by atoms with Crippen molar-refractivity contribution in [2.45, 2.75) is 49.6 Å². The minimum atomic E-state index is -3.61. The highest BCUT2D eigenvalue weighted by Crippen LogP contribution is 2.35. The molecule has 1 N–H and O–H groups in total. The lowest BCUT2D eigenvalue weighted by atomic mass is 10.1. The third-order valence-electron chi connectivity index (χ3n) is 5.36. The monoisotopic (exact) mass is 399 g/mol. The molecule has 0 saturated heterocycles. The van der Waals surface area contributed by atoms with E-state index in [0.29, 0.717) is 18.0 Å². The number of aromatic nitrogens is 1. The number of nitrogens with one attached hydrogen (secondary N) is 1. The molecular weight excluding hydrogens is 374 g/mol. The Morgan fingerprint density at radius 3 is 2.61 bits per heavy atom. The Kier molecular flexibility index (Phi) is 5.21. The highest BCUT2D eigenvalue weighted by atomic mass is 32.2. The van der Waals surface area contributed by atoms with Gasteiger partial charge in [-0.3, -0.25) is 9.78 Å². The van der Waals surface area contributed by atoms with Gasteiger partial charge in [0, 0.05) is 24.3 Å². The topological polar surface area (TPSA) is 79.4 Å². The number of carbonyl (C=O) groups is 1. The first-order valence-corrected chi connectivity index (χ1v) is 11.3. The first-order valence-electron chi connectivity index (χ1n) is 9.79. The third-order valence-corrected chi connectivity index (χ3v) is 6.78. The summed E-state index contributed by atoms with van der Waals surface area (Å²) in [5.41, 5.74) is 1.22. The smallest absolute Gasteiger partial charge is 0.254 e. The summed E-state index contributed by atoms with van der Waals surface area (Å²) in [5, 5.41) is 0. The molecule has 1 unspecified atom stereocenters. The summed E-state index contributed by atoms with van der Waals surface area (Å²) in [6.45, 7) is 2.43. The fourth-order valence-corrected chi connectivity index (χ4v) is 4.52. The molecule has 1 aromatic heterocycles. The Morgan fingerprint density at radius 1 is 1.18 bits per heavy atom. The molecule has 1 amide bonds. The molecule has 0 bridgehead atoms. The second-order valence-electron chi connectivity index (χ2n) is 7.70. The molecule has 28 heavy (non-hydrogen) atoms. The molecule has 0 aliphatic heterocycles. The van der Waals surface area contributed by atoms with Crippen LogP contribution in [0.4, 0.5) is 0 Å². The number of amides is 1. The second kappa shape index (κ2) is 7.64. The molecule has 148 valence electrons. The van der Waals surface area contributed by atoms with Crippen LogP contribution in [0.1, 0.15) is 54.7 Å². The van der Waals surface area contributed by atoms with Gasteiger partial charge in [-0.2, -0.15) is 0 Å². The van der Waals surface area contributed by atoms with Crippen LogP contribution in [0.25, 0.3) is 0 Å². The standard InChI is InChI=1S/C21H25N3O3S/c1-15(20-7-2-3-12-22-20)24(18-10-11-18)21(25)17-5-4-6-19(13-17)28(26,27)23-14-16-8-9-16/h2-7,12-13,15-16,18,23H,8-11,14H2,1H3. The lowest BCUT2D eigenvalue weighted by molar-refractivity contribution is 0.0670. The van der Waals surface area contributed by atoms with E-state index in [9.17, 15) is 13.2 Å². The molecule has 7 heteroatoms. The Bertz CT molecular complexity index is 954. The average Bonchev–Trinajstić information content (AvgIpc) is 3.62. The molecule has 1 atom stereocenters. The third kappa shape index (κ3) is 4.25. The molecule has 2 fully saturated rings. The van der Waals surface area contributed by atoms with Crippen LogP contribution in [-0.4, -0.2) is 36.8 Å². The number of nitrogens with zero attached hydrogens (tertiary/aromatic N) is 2. The van der Waals surface area contributed by atoms with Crippen molar-refractivity contribution in [1.82, 2.24) is 14.6 Å². The van der Waals surface area contributed by atoms with E-state index in [1.807, 2.05) is 30.0 Å². The molecule has 0 spiro atoms. The number of carbonyl (C=O) groups excluding carboxylic acids is 1. The summed E-state index contributed by atoms with van der Waals surface area (Å²) in [6, 6.07) is 12.0. The molecule has 2 aliphatic carbocycles. The van der Waals surface area contributed by atoms with Gasteiger partial charge in [0.25, 0.3) is 5.91 Å². The van der Waals surface area contributed by atoms with Crippen molar-refractivity contribution in [3.05, 3.63) is 59.9 Å². The van der Waals surface area contributed by atoms with Crippen molar-refractivity contribution in [1.29, 1.82) is 0 Å². The van der Waals surface area contributed by atoms with Crippen LogP contribution in [0.2, 0.25) is 0 Å². The Morgan fingerprint density at radius 2 is 1.96 bits per heavy atom. The summed E-state index contributed by atoms with van der Waals surface area (Å²) in [6.07, 6.45) is 5.79. The van der Waals surface area contributed by atoms with E-state index in [1.165, 1.54) is 12.1 Å². The van der Waals surface area contributed by atoms with Crippen LogP contribution in [-0.2, 0) is 10.0 Å². The summed E-state index contributed by atoms with van der Waals surface area (Å²) in [7, 11) is -3.61. The number of hydrogen-bond acceptors (Lipinski definition) is 4. The van der Waals surface area contributed by atoms with Gasteiger partial charge >= 0.3 is 0 Å². The van der Waals surface area contributed by atoms with E-state index < -0.39 is 10.0 Å². The second-order valence-corrected chi connectivity index (χ2v) is 9.46. The van der Waals surface area contributed by atoms with Crippen LogP contribution in [0.5, 0.6) is 0 Å². The van der Waals surface area contributed by atoms with Crippen molar-refractivity contribution < 1.29 is 13.2 Å². The number of sulfonamides is 1. The van der Waals surface area contributed by atoms with Gasteiger partial charge in [0.1, 0.15) is 0 Å². The van der Waals surface area contributed by atoms with Crippen molar-refractivity contribution in [3.63, 3.8) is 0 Å². The van der Waals surface area contributed by atoms with E-state index in [2.05, 4.69) is 9.71 Å². The van der Waals surface area contributed by atoms with Crippen molar-refractivity contribution in [3.8, 4) is 0 Å². The summed E-state index contributed by atoms with van der Waals surface area (Å²) in [5.74, 6) is 0.295. The van der Waals surface area contributed by atoms with Crippen molar-refractivity contribution in [2.24, 2.45) is 5.92 Å². The molecule has 0 radical (unpaired) electrons. The van der Waals surface area contributed by atoms with E-state index in [1.54, 1.807) is 18.3 Å². The minimum Gasteiger partial charge on any atom is -0.327 e. The number of benzene rings is 1. The molecule has 4 rings (SSSR count). The van der Waals surface area contributed by atoms with E-state index >= 15 is 0 Å². The van der Waals surface area contributed by atoms with Crippen LogP contribution in [0.3, 0.4) is 0 Å². The average molecular weight is 400 g/mol. The Labute approximate surface area is 166 Å². The quantitative estimate of drug-likeness (QED) is 0.740. The predicted octanol–water partition coefficient (Wildman–Crippen LogP) is 3.14. The Hall–Kier alpha value is -2.25. The fraction of sp³-hybridized carbons (Fsp3) is 0.429. The van der Waals surface area contributed by atoms with Crippen LogP contribution in [0, 0.1) is 5.92 Å². The van der Waals surface area contributed by atoms with Gasteiger partial charge in [-0.05, 0) is 68.9 Å². The van der Waals surface area contributed by atoms with Gasteiger partial charge in [0.15, 0.2) is 0 Å². The number of pyridine rings is 1. The van der Waals surface area contributed by atoms with Crippen molar-refractivity contribution >= 4 is 15.9 Å². The Balaban J connectivity index is 1.57. The molecule has 2 aliphatic rings. The predicted molar refractivity (Wildman–Crippen MR) is 106 cm³/mol. The molecule has 2 saturated carbocycles. The number of rotatable bonds is 8. The lowest BCUT2D eigenvalue weighted by Crippen LogP contribution is -2.36. The van der Waals surface area contributed by atoms with Gasteiger partial charge in [0.05, 0.1) is 16.6 Å². The highest BCUT2D eigenvalue weighted by molar-refractivity contribution is 7.89. The van der Waals surface area contributed by atoms with Gasteiger partial charge in [0.2, 0.25) is 10.0 Å². The van der Waals surface area contributed by atoms with Gasteiger partial charge < -0.3 is 4.90 Å². The maximum Gasteiger partial charge on any atom is 0.254 e. The van der Waals surface area contributed by atoms with Gasteiger partial charge in [-0.1, -0.05) is 12.1 Å². The molecule has 1 aromatic carbocycles. The van der Waals surface area contributed by atoms with E-state index in [4.69, 9.17) is 0 Å². The maximum absolute atomic E-state index is 13.3. The number of hydrogen-bond donors (Lipinski definition) is 1. The lowest BCUT2D eigenvalue weighted by Gasteiger charge is -2.29. The summed E-state index contributed by atoms with van der Waals surface area (Å²) in [4.78, 5) is 19.6. The van der Waals surface area contributed by atoms with E-state index in [0.717, 1.165) is 31.4 Å². The molecule has 1 heterocycles. The van der Waals surface area contributed by atoms with Crippen LogP contribution in [0.15, 0.2) is 53.6 Å². The molecule has 6 nitrogen and oxygen atoms in total.